The molecule has 1 unspecified atom stereocenters. The number of methoxy groups -OCH3 is 1. The molecule has 9 nitrogen and oxygen atoms in total. The third kappa shape index (κ3) is 2.73. The molecule has 6 rings (SSSR count). The van der Waals surface area contributed by atoms with Crippen LogP contribution in [-0.4, -0.2) is 39.0 Å². The quantitative estimate of drug-likeness (QED) is 0.449. The van der Waals surface area contributed by atoms with Crippen LogP contribution in [0.25, 0.3) is 22.0 Å². The highest BCUT2D eigenvalue weighted by molar-refractivity contribution is 6.21. The fourth-order valence-corrected chi connectivity index (χ4v) is 4.90. The van der Waals surface area contributed by atoms with Crippen molar-refractivity contribution in [1.29, 1.82) is 0 Å². The molecule has 1 atom stereocenters. The summed E-state index contributed by atoms with van der Waals surface area (Å²) >= 11 is 0. The van der Waals surface area contributed by atoms with Crippen LogP contribution in [0.2, 0.25) is 0 Å². The predicted molar refractivity (Wildman–Crippen MR) is 124 cm³/mol. The normalized spacial score (nSPS) is 17.1. The topological polar surface area (TPSA) is 105 Å². The molecule has 3 aromatic heterocycles. The fourth-order valence-electron chi connectivity index (χ4n) is 4.90. The molecule has 2 aliphatic heterocycles. The molecular formula is C23H25N7O2. The van der Waals surface area contributed by atoms with Crippen molar-refractivity contribution in [2.45, 2.75) is 46.3 Å². The molecule has 0 spiro atoms. The Hall–Kier alpha value is -3.75. The van der Waals surface area contributed by atoms with E-state index in [9.17, 15) is 0 Å². The third-order valence-corrected chi connectivity index (χ3v) is 6.32. The highest BCUT2D eigenvalue weighted by Gasteiger charge is 2.27. The zero-order valence-corrected chi connectivity index (χ0v) is 18.5. The minimum Gasteiger partial charge on any atom is -0.496 e. The summed E-state index contributed by atoms with van der Waals surface area (Å²) in [4.78, 5) is 8.42. The number of aromatic nitrogens is 4. The summed E-state index contributed by atoms with van der Waals surface area (Å²) in [7, 11) is 1.69. The van der Waals surface area contributed by atoms with Gasteiger partial charge in [-0.1, -0.05) is 5.16 Å². The number of rotatable bonds is 3. The second-order valence-corrected chi connectivity index (χ2v) is 8.43. The highest BCUT2D eigenvalue weighted by Crippen LogP contribution is 2.41. The maximum Gasteiger partial charge on any atom is 0.141 e. The van der Waals surface area contributed by atoms with Crippen molar-refractivity contribution in [3.8, 4) is 16.9 Å². The van der Waals surface area contributed by atoms with Crippen molar-refractivity contribution in [3.05, 3.63) is 41.0 Å². The van der Waals surface area contributed by atoms with Crippen molar-refractivity contribution >= 4 is 28.2 Å². The van der Waals surface area contributed by atoms with Gasteiger partial charge in [0.05, 0.1) is 41.5 Å². The number of nitrogens with one attached hydrogen (secondary N) is 3. The van der Waals surface area contributed by atoms with Crippen molar-refractivity contribution in [2.24, 2.45) is 4.99 Å². The van der Waals surface area contributed by atoms with Crippen LogP contribution in [0.1, 0.15) is 36.1 Å². The number of amidine groups is 1. The lowest BCUT2D eigenvalue weighted by molar-refractivity contribution is 0.393. The number of aliphatic imine (C=N–C) groups is 1. The van der Waals surface area contributed by atoms with Gasteiger partial charge < -0.3 is 24.9 Å². The van der Waals surface area contributed by atoms with Crippen LogP contribution in [0.5, 0.6) is 5.75 Å². The monoisotopic (exact) mass is 431 g/mol. The van der Waals surface area contributed by atoms with Gasteiger partial charge in [0.25, 0.3) is 0 Å². The van der Waals surface area contributed by atoms with Gasteiger partial charge in [-0.15, -0.1) is 0 Å². The summed E-state index contributed by atoms with van der Waals surface area (Å²) in [5, 5.41) is 16.7. The number of nitrogens with zero attached hydrogens (tertiary/aromatic N) is 4. The van der Waals surface area contributed by atoms with Crippen LogP contribution >= 0.6 is 0 Å². The number of aryl methyl sites for hydroxylation is 3. The van der Waals surface area contributed by atoms with E-state index >= 15 is 0 Å². The molecule has 2 aliphatic rings. The molecular weight excluding hydrogens is 406 g/mol. The summed E-state index contributed by atoms with van der Waals surface area (Å²) in [5.41, 5.74) is 6.99. The molecule has 0 saturated heterocycles. The molecule has 5 heterocycles. The first-order valence-electron chi connectivity index (χ1n) is 10.9. The van der Waals surface area contributed by atoms with Gasteiger partial charge in [0.1, 0.15) is 29.3 Å². The number of benzene rings is 1. The fraction of sp³-hybridized carbons (Fsp3) is 0.348. The SMILES string of the molecule is COc1cc2c3c([nH]c2cc1-c1c(C)noc1C)NC(C)N=C3Nc1cnn2c1CCC2. The molecule has 1 aromatic carbocycles. The smallest absolute Gasteiger partial charge is 0.141 e. The first-order valence-corrected chi connectivity index (χ1v) is 10.9. The Labute approximate surface area is 184 Å². The van der Waals surface area contributed by atoms with Gasteiger partial charge in [-0.3, -0.25) is 4.68 Å². The van der Waals surface area contributed by atoms with E-state index in [1.807, 2.05) is 27.0 Å². The summed E-state index contributed by atoms with van der Waals surface area (Å²) in [5.74, 6) is 3.29. The van der Waals surface area contributed by atoms with E-state index in [1.54, 1.807) is 7.11 Å². The zero-order chi connectivity index (χ0) is 22.0. The molecule has 0 aliphatic carbocycles. The van der Waals surface area contributed by atoms with Crippen molar-refractivity contribution < 1.29 is 9.26 Å². The van der Waals surface area contributed by atoms with E-state index in [2.05, 4.69) is 42.7 Å². The third-order valence-electron chi connectivity index (χ3n) is 6.32. The number of hydrogen-bond acceptors (Lipinski definition) is 7. The summed E-state index contributed by atoms with van der Waals surface area (Å²) in [6, 6.07) is 4.16. The number of fused-ring (bicyclic) bond motifs is 4. The van der Waals surface area contributed by atoms with Crippen molar-refractivity contribution in [3.63, 3.8) is 0 Å². The summed E-state index contributed by atoms with van der Waals surface area (Å²) < 4.78 is 13.3. The second-order valence-electron chi connectivity index (χ2n) is 8.43. The van der Waals surface area contributed by atoms with E-state index < -0.39 is 0 Å². The van der Waals surface area contributed by atoms with Crippen LogP contribution in [0.15, 0.2) is 27.8 Å². The molecule has 9 heteroatoms. The Bertz CT molecular complexity index is 1370. The van der Waals surface area contributed by atoms with Crippen LogP contribution in [0, 0.1) is 13.8 Å². The minimum atomic E-state index is -0.0642. The molecule has 3 N–H and O–H groups in total. The zero-order valence-electron chi connectivity index (χ0n) is 18.5. The maximum atomic E-state index is 5.79. The summed E-state index contributed by atoms with van der Waals surface area (Å²) in [6.07, 6.45) is 3.99. The van der Waals surface area contributed by atoms with Gasteiger partial charge in [0.2, 0.25) is 0 Å². The molecule has 0 radical (unpaired) electrons. The average molecular weight is 432 g/mol. The molecule has 0 bridgehead atoms. The Morgan fingerprint density at radius 3 is 2.91 bits per heavy atom. The number of hydrogen-bond donors (Lipinski definition) is 3. The lowest BCUT2D eigenvalue weighted by Gasteiger charge is -2.21. The lowest BCUT2D eigenvalue weighted by Crippen LogP contribution is -2.27. The maximum absolute atomic E-state index is 5.79. The molecule has 4 aromatic rings. The molecule has 0 amide bonds. The molecule has 0 fully saturated rings. The van der Waals surface area contributed by atoms with Crippen molar-refractivity contribution in [1.82, 2.24) is 19.9 Å². The van der Waals surface area contributed by atoms with Gasteiger partial charge in [0, 0.05) is 23.0 Å². The average Bonchev–Trinajstić information content (AvgIpc) is 3.52. The number of anilines is 2. The number of H-pyrrole nitrogens is 1. The van der Waals surface area contributed by atoms with Gasteiger partial charge in [0.15, 0.2) is 0 Å². The second kappa shape index (κ2) is 6.88. The first kappa shape index (κ1) is 19.0. The van der Waals surface area contributed by atoms with Crippen LogP contribution in [0.3, 0.4) is 0 Å². The largest absolute Gasteiger partial charge is 0.496 e. The van der Waals surface area contributed by atoms with E-state index in [4.69, 9.17) is 14.3 Å². The van der Waals surface area contributed by atoms with Crippen molar-refractivity contribution in [2.75, 3.05) is 17.7 Å². The van der Waals surface area contributed by atoms with Gasteiger partial charge >= 0.3 is 0 Å². The first-order chi connectivity index (χ1) is 15.5. The Morgan fingerprint density at radius 2 is 2.12 bits per heavy atom. The Kier molecular flexibility index (Phi) is 4.08. The van der Waals surface area contributed by atoms with Gasteiger partial charge in [-0.05, 0) is 45.7 Å². The number of ether oxygens (including phenoxy) is 1. The molecule has 32 heavy (non-hydrogen) atoms. The summed E-state index contributed by atoms with van der Waals surface area (Å²) in [6.45, 7) is 6.87. The van der Waals surface area contributed by atoms with Gasteiger partial charge in [-0.2, -0.15) is 5.10 Å². The van der Waals surface area contributed by atoms with E-state index in [-0.39, 0.29) is 6.17 Å². The lowest BCUT2D eigenvalue weighted by atomic mass is 10.00. The van der Waals surface area contributed by atoms with Crippen LogP contribution in [-0.2, 0) is 13.0 Å². The molecule has 0 saturated carbocycles. The Balaban J connectivity index is 1.50. The van der Waals surface area contributed by atoms with E-state index in [0.717, 1.165) is 81.5 Å². The Morgan fingerprint density at radius 1 is 1.25 bits per heavy atom. The van der Waals surface area contributed by atoms with Crippen LogP contribution in [0.4, 0.5) is 11.5 Å². The standard InChI is InChI=1S/C23H25N7O2/c1-11-20(12(2)32-29-11)15-8-16-14(9-19(15)31-4)21-22(27-16)25-13(3)26-23(21)28-17-10-24-30-7-5-6-18(17)30/h8-10,13,25,27H,5-7H2,1-4H3,(H,26,28). The molecule has 164 valence electrons. The minimum absolute atomic E-state index is 0.0642. The van der Waals surface area contributed by atoms with Gasteiger partial charge in [-0.25, -0.2) is 4.99 Å². The number of aromatic amines is 1. The van der Waals surface area contributed by atoms with E-state index in [0.29, 0.717) is 0 Å². The highest BCUT2D eigenvalue weighted by atomic mass is 16.5. The van der Waals surface area contributed by atoms with Crippen LogP contribution < -0.4 is 15.4 Å². The predicted octanol–water partition coefficient (Wildman–Crippen LogP) is 4.22. The van der Waals surface area contributed by atoms with E-state index in [1.165, 1.54) is 5.69 Å².